The number of nitrogens with zero attached hydrogens (tertiary/aromatic N) is 2. The molecule has 82 valence electrons. The monoisotopic (exact) mass is 214 g/mol. The van der Waals surface area contributed by atoms with E-state index >= 15 is 0 Å². The number of aryl methyl sites for hydroxylation is 1. The molecule has 0 bridgehead atoms. The lowest BCUT2D eigenvalue weighted by molar-refractivity contribution is 0.0827. The number of benzene rings is 1. The predicted molar refractivity (Wildman–Crippen MR) is 64.5 cm³/mol. The molecule has 0 radical (unpaired) electrons. The van der Waals surface area contributed by atoms with Gasteiger partial charge in [-0.25, -0.2) is 0 Å². The van der Waals surface area contributed by atoms with Crippen LogP contribution in [-0.4, -0.2) is 29.9 Å². The first-order valence-corrected chi connectivity index (χ1v) is 5.16. The Balaban J connectivity index is 2.57. The minimum Gasteiger partial charge on any atom is -0.345 e. The summed E-state index contributed by atoms with van der Waals surface area (Å²) in [4.78, 5) is 17.6. The van der Waals surface area contributed by atoms with E-state index < -0.39 is 0 Å². The quantitative estimate of drug-likeness (QED) is 0.729. The molecule has 3 heteroatoms. The first-order chi connectivity index (χ1) is 7.59. The Hall–Kier alpha value is -1.90. The van der Waals surface area contributed by atoms with Gasteiger partial charge in [0.05, 0.1) is 11.1 Å². The van der Waals surface area contributed by atoms with Crippen molar-refractivity contribution in [3.05, 3.63) is 41.6 Å². The standard InChI is InChI=1S/C13H14N2O/c1-9-5-4-6-10-7-11(8-14-12(9)10)13(16)15(2)3/h4-8H,1-3H3. The summed E-state index contributed by atoms with van der Waals surface area (Å²) < 4.78 is 0. The van der Waals surface area contributed by atoms with E-state index in [0.717, 1.165) is 16.5 Å². The molecule has 3 nitrogen and oxygen atoms in total. The largest absolute Gasteiger partial charge is 0.345 e. The van der Waals surface area contributed by atoms with E-state index in [9.17, 15) is 4.79 Å². The molecular weight excluding hydrogens is 200 g/mol. The van der Waals surface area contributed by atoms with Crippen LogP contribution in [0, 0.1) is 6.92 Å². The van der Waals surface area contributed by atoms with Crippen LogP contribution in [0.3, 0.4) is 0 Å². The summed E-state index contributed by atoms with van der Waals surface area (Å²) in [5, 5.41) is 1.01. The van der Waals surface area contributed by atoms with Crippen LogP contribution >= 0.6 is 0 Å². The third-order valence-electron chi connectivity index (χ3n) is 2.57. The van der Waals surface area contributed by atoms with Crippen molar-refractivity contribution in [2.24, 2.45) is 0 Å². The molecule has 1 aromatic heterocycles. The van der Waals surface area contributed by atoms with Gasteiger partial charge in [-0.3, -0.25) is 9.78 Å². The van der Waals surface area contributed by atoms with Crippen LogP contribution < -0.4 is 0 Å². The average Bonchev–Trinajstić information content (AvgIpc) is 2.28. The molecule has 0 atom stereocenters. The van der Waals surface area contributed by atoms with Crippen molar-refractivity contribution in [1.82, 2.24) is 9.88 Å². The van der Waals surface area contributed by atoms with Crippen LogP contribution in [-0.2, 0) is 0 Å². The van der Waals surface area contributed by atoms with Gasteiger partial charge in [0.2, 0.25) is 0 Å². The second-order valence-corrected chi connectivity index (χ2v) is 4.07. The zero-order valence-corrected chi connectivity index (χ0v) is 9.69. The Morgan fingerprint density at radius 1 is 1.31 bits per heavy atom. The highest BCUT2D eigenvalue weighted by atomic mass is 16.2. The van der Waals surface area contributed by atoms with E-state index in [1.54, 1.807) is 25.2 Å². The van der Waals surface area contributed by atoms with E-state index in [2.05, 4.69) is 4.98 Å². The number of pyridine rings is 1. The highest BCUT2D eigenvalue weighted by molar-refractivity contribution is 5.97. The van der Waals surface area contributed by atoms with Crippen LogP contribution in [0.4, 0.5) is 0 Å². The SMILES string of the molecule is Cc1cccc2cc(C(=O)N(C)C)cnc12. The van der Waals surface area contributed by atoms with Gasteiger partial charge in [-0.05, 0) is 18.6 Å². The molecule has 0 N–H and O–H groups in total. The van der Waals surface area contributed by atoms with Crippen LogP contribution in [0.15, 0.2) is 30.5 Å². The summed E-state index contributed by atoms with van der Waals surface area (Å²) in [7, 11) is 3.48. The maximum atomic E-state index is 11.8. The van der Waals surface area contributed by atoms with Gasteiger partial charge in [-0.2, -0.15) is 0 Å². The van der Waals surface area contributed by atoms with E-state index in [1.807, 2.05) is 31.2 Å². The summed E-state index contributed by atoms with van der Waals surface area (Å²) in [6.07, 6.45) is 1.64. The molecular formula is C13H14N2O. The minimum atomic E-state index is -0.0177. The molecule has 1 amide bonds. The van der Waals surface area contributed by atoms with Gasteiger partial charge in [-0.15, -0.1) is 0 Å². The van der Waals surface area contributed by atoms with Crippen molar-refractivity contribution < 1.29 is 4.79 Å². The van der Waals surface area contributed by atoms with E-state index in [-0.39, 0.29) is 5.91 Å². The molecule has 1 aromatic carbocycles. The highest BCUT2D eigenvalue weighted by Gasteiger charge is 2.09. The van der Waals surface area contributed by atoms with Gasteiger partial charge in [0.1, 0.15) is 0 Å². The molecule has 2 rings (SSSR count). The topological polar surface area (TPSA) is 33.2 Å². The summed E-state index contributed by atoms with van der Waals surface area (Å²) in [5.74, 6) is -0.0177. The zero-order valence-electron chi connectivity index (χ0n) is 9.69. The number of amides is 1. The van der Waals surface area contributed by atoms with Crippen molar-refractivity contribution in [1.29, 1.82) is 0 Å². The van der Waals surface area contributed by atoms with E-state index in [4.69, 9.17) is 0 Å². The van der Waals surface area contributed by atoms with Crippen molar-refractivity contribution in [2.75, 3.05) is 14.1 Å². The van der Waals surface area contributed by atoms with Gasteiger partial charge >= 0.3 is 0 Å². The molecule has 0 saturated carbocycles. The number of fused-ring (bicyclic) bond motifs is 1. The molecule has 0 aliphatic heterocycles. The number of carbonyl (C=O) groups is 1. The number of rotatable bonds is 1. The Labute approximate surface area is 94.7 Å². The maximum absolute atomic E-state index is 11.8. The van der Waals surface area contributed by atoms with Crippen molar-refractivity contribution in [3.63, 3.8) is 0 Å². The molecule has 0 unspecified atom stereocenters. The predicted octanol–water partition coefficient (Wildman–Crippen LogP) is 2.25. The van der Waals surface area contributed by atoms with Crippen molar-refractivity contribution in [3.8, 4) is 0 Å². The summed E-state index contributed by atoms with van der Waals surface area (Å²) in [5.41, 5.74) is 2.71. The number of carbonyl (C=O) groups excluding carboxylic acids is 1. The first kappa shape index (κ1) is 10.6. The number of aromatic nitrogens is 1. The molecule has 0 spiro atoms. The molecule has 2 aromatic rings. The lowest BCUT2D eigenvalue weighted by atomic mass is 10.1. The fourth-order valence-electron chi connectivity index (χ4n) is 1.69. The molecule has 16 heavy (non-hydrogen) atoms. The highest BCUT2D eigenvalue weighted by Crippen LogP contribution is 2.17. The summed E-state index contributed by atoms with van der Waals surface area (Å²) in [6, 6.07) is 7.85. The smallest absolute Gasteiger partial charge is 0.254 e. The Morgan fingerprint density at radius 2 is 2.06 bits per heavy atom. The first-order valence-electron chi connectivity index (χ1n) is 5.16. The lowest BCUT2D eigenvalue weighted by Gasteiger charge is -2.10. The maximum Gasteiger partial charge on any atom is 0.254 e. The van der Waals surface area contributed by atoms with Crippen molar-refractivity contribution in [2.45, 2.75) is 6.92 Å². The fourth-order valence-corrected chi connectivity index (χ4v) is 1.69. The third kappa shape index (κ3) is 1.76. The molecule has 0 aliphatic rings. The normalized spacial score (nSPS) is 10.4. The third-order valence-corrected chi connectivity index (χ3v) is 2.57. The lowest BCUT2D eigenvalue weighted by Crippen LogP contribution is -2.21. The van der Waals surface area contributed by atoms with Gasteiger partial charge in [0.15, 0.2) is 0 Å². The zero-order chi connectivity index (χ0) is 11.7. The number of hydrogen-bond acceptors (Lipinski definition) is 2. The van der Waals surface area contributed by atoms with E-state index in [0.29, 0.717) is 5.56 Å². The average molecular weight is 214 g/mol. The van der Waals surface area contributed by atoms with E-state index in [1.165, 1.54) is 0 Å². The summed E-state index contributed by atoms with van der Waals surface area (Å²) >= 11 is 0. The second kappa shape index (κ2) is 3.93. The molecule has 0 fully saturated rings. The molecule has 1 heterocycles. The Morgan fingerprint density at radius 3 is 2.75 bits per heavy atom. The van der Waals surface area contributed by atoms with Crippen molar-refractivity contribution >= 4 is 16.8 Å². The summed E-state index contributed by atoms with van der Waals surface area (Å²) in [6.45, 7) is 2.02. The molecule has 0 saturated heterocycles. The van der Waals surface area contributed by atoms with Gasteiger partial charge in [0.25, 0.3) is 5.91 Å². The van der Waals surface area contributed by atoms with Crippen LogP contribution in [0.25, 0.3) is 10.9 Å². The van der Waals surface area contributed by atoms with Crippen LogP contribution in [0.5, 0.6) is 0 Å². The minimum absolute atomic E-state index is 0.0177. The molecule has 0 aliphatic carbocycles. The Kier molecular flexibility index (Phi) is 2.60. The van der Waals surface area contributed by atoms with Gasteiger partial charge in [0, 0.05) is 25.7 Å². The van der Waals surface area contributed by atoms with Gasteiger partial charge < -0.3 is 4.90 Å². The fraction of sp³-hybridized carbons (Fsp3) is 0.231. The van der Waals surface area contributed by atoms with Gasteiger partial charge in [-0.1, -0.05) is 18.2 Å². The van der Waals surface area contributed by atoms with Crippen LogP contribution in [0.2, 0.25) is 0 Å². The number of hydrogen-bond donors (Lipinski definition) is 0. The number of para-hydroxylation sites is 1. The second-order valence-electron chi connectivity index (χ2n) is 4.07. The van der Waals surface area contributed by atoms with Crippen LogP contribution in [0.1, 0.15) is 15.9 Å². The Bertz CT molecular complexity index is 547.